The number of carbonyl (C=O) groups excluding carboxylic acids is 1. The lowest BCUT2D eigenvalue weighted by Crippen LogP contribution is -2.39. The number of nitrogens with zero attached hydrogens (tertiary/aromatic N) is 2. The maximum atomic E-state index is 12.1. The fraction of sp³-hybridized carbons (Fsp3) is 0.529. The Bertz CT molecular complexity index is 527. The zero-order chi connectivity index (χ0) is 15.2. The van der Waals surface area contributed by atoms with Crippen molar-refractivity contribution in [3.05, 3.63) is 29.8 Å². The molecule has 4 heteroatoms. The van der Waals surface area contributed by atoms with Gasteiger partial charge in [-0.2, -0.15) is 5.26 Å². The smallest absolute Gasteiger partial charge is 0.238 e. The Morgan fingerprint density at radius 1 is 1.38 bits per heavy atom. The molecule has 0 unspecified atom stereocenters. The molecule has 0 aromatic heterocycles. The summed E-state index contributed by atoms with van der Waals surface area (Å²) in [6, 6.07) is 9.59. The van der Waals surface area contributed by atoms with Crippen molar-refractivity contribution in [2.24, 2.45) is 5.92 Å². The molecule has 1 amide bonds. The maximum absolute atomic E-state index is 12.1. The molecule has 0 heterocycles. The van der Waals surface area contributed by atoms with Gasteiger partial charge in [-0.05, 0) is 56.8 Å². The standard InChI is InChI=1S/C17H23N3O/c1-13-6-8-16(9-7-13)20(2)12-17(21)19-15-5-3-4-14(10-15)11-18/h3-5,10,13,16H,6-9,12H2,1-2H3,(H,19,21). The molecule has 0 spiro atoms. The van der Waals surface area contributed by atoms with E-state index in [1.54, 1.807) is 24.3 Å². The zero-order valence-electron chi connectivity index (χ0n) is 12.8. The third kappa shape index (κ3) is 4.57. The first-order chi connectivity index (χ1) is 10.1. The van der Waals surface area contributed by atoms with Crippen LogP contribution in [0.5, 0.6) is 0 Å². The summed E-state index contributed by atoms with van der Waals surface area (Å²) in [4.78, 5) is 14.2. The normalized spacial score (nSPS) is 21.8. The van der Waals surface area contributed by atoms with Crippen LogP contribution in [0.15, 0.2) is 24.3 Å². The Labute approximate surface area is 126 Å². The van der Waals surface area contributed by atoms with Crippen molar-refractivity contribution >= 4 is 11.6 Å². The quantitative estimate of drug-likeness (QED) is 0.925. The third-order valence-electron chi connectivity index (χ3n) is 4.28. The molecule has 2 rings (SSSR count). The lowest BCUT2D eigenvalue weighted by atomic mass is 9.87. The molecule has 1 aliphatic carbocycles. The topological polar surface area (TPSA) is 56.1 Å². The molecule has 4 nitrogen and oxygen atoms in total. The number of anilines is 1. The number of hydrogen-bond donors (Lipinski definition) is 1. The van der Waals surface area contributed by atoms with E-state index in [2.05, 4.69) is 23.2 Å². The highest BCUT2D eigenvalue weighted by molar-refractivity contribution is 5.92. The first-order valence-electron chi connectivity index (χ1n) is 7.58. The van der Waals surface area contributed by atoms with Gasteiger partial charge in [0.05, 0.1) is 18.2 Å². The predicted octanol–water partition coefficient (Wildman–Crippen LogP) is 3.01. The number of rotatable bonds is 4. The highest BCUT2D eigenvalue weighted by Gasteiger charge is 2.22. The number of amides is 1. The van der Waals surface area contributed by atoms with E-state index in [0.29, 0.717) is 23.8 Å². The van der Waals surface area contributed by atoms with Crippen LogP contribution in [0.3, 0.4) is 0 Å². The van der Waals surface area contributed by atoms with E-state index in [-0.39, 0.29) is 5.91 Å². The van der Waals surface area contributed by atoms with Crippen LogP contribution in [0.4, 0.5) is 5.69 Å². The minimum atomic E-state index is -0.0220. The Morgan fingerprint density at radius 3 is 2.76 bits per heavy atom. The van der Waals surface area contributed by atoms with Gasteiger partial charge >= 0.3 is 0 Å². The average molecular weight is 285 g/mol. The predicted molar refractivity (Wildman–Crippen MR) is 83.8 cm³/mol. The van der Waals surface area contributed by atoms with E-state index in [0.717, 1.165) is 5.92 Å². The molecule has 1 fully saturated rings. The number of carbonyl (C=O) groups is 1. The van der Waals surface area contributed by atoms with Crippen molar-refractivity contribution in [1.29, 1.82) is 5.26 Å². The number of benzene rings is 1. The molecule has 0 atom stereocenters. The van der Waals surface area contributed by atoms with Crippen molar-refractivity contribution in [1.82, 2.24) is 4.90 Å². The lowest BCUT2D eigenvalue weighted by molar-refractivity contribution is -0.117. The summed E-state index contributed by atoms with van der Waals surface area (Å²) in [6.07, 6.45) is 4.85. The highest BCUT2D eigenvalue weighted by Crippen LogP contribution is 2.26. The highest BCUT2D eigenvalue weighted by atomic mass is 16.2. The summed E-state index contributed by atoms with van der Waals surface area (Å²) in [5.41, 5.74) is 1.24. The largest absolute Gasteiger partial charge is 0.325 e. The van der Waals surface area contributed by atoms with E-state index in [4.69, 9.17) is 5.26 Å². The monoisotopic (exact) mass is 285 g/mol. The molecule has 1 aliphatic rings. The van der Waals surface area contributed by atoms with E-state index < -0.39 is 0 Å². The Morgan fingerprint density at radius 2 is 2.10 bits per heavy atom. The Kier molecular flexibility index (Phi) is 5.35. The summed E-state index contributed by atoms with van der Waals surface area (Å²) >= 11 is 0. The average Bonchev–Trinajstić information content (AvgIpc) is 2.47. The Balaban J connectivity index is 1.85. The van der Waals surface area contributed by atoms with Crippen molar-refractivity contribution in [3.8, 4) is 6.07 Å². The molecule has 1 aromatic carbocycles. The molecule has 0 radical (unpaired) electrons. The summed E-state index contributed by atoms with van der Waals surface area (Å²) in [5, 5.41) is 11.7. The number of nitriles is 1. The van der Waals surface area contributed by atoms with Crippen molar-refractivity contribution in [2.45, 2.75) is 38.6 Å². The first kappa shape index (κ1) is 15.5. The van der Waals surface area contributed by atoms with Crippen LogP contribution in [-0.4, -0.2) is 30.4 Å². The number of likely N-dealkylation sites (N-methyl/N-ethyl adjacent to an activating group) is 1. The molecular weight excluding hydrogens is 262 g/mol. The molecule has 1 N–H and O–H groups in total. The molecule has 0 aliphatic heterocycles. The van der Waals surface area contributed by atoms with Gasteiger partial charge < -0.3 is 5.32 Å². The molecule has 21 heavy (non-hydrogen) atoms. The number of hydrogen-bond acceptors (Lipinski definition) is 3. The third-order valence-corrected chi connectivity index (χ3v) is 4.28. The van der Waals surface area contributed by atoms with Gasteiger partial charge in [0, 0.05) is 11.7 Å². The zero-order valence-corrected chi connectivity index (χ0v) is 12.8. The SMILES string of the molecule is CC1CCC(N(C)CC(=O)Nc2cccc(C#N)c2)CC1. The van der Waals surface area contributed by atoms with E-state index in [1.165, 1.54) is 25.7 Å². The lowest BCUT2D eigenvalue weighted by Gasteiger charge is -2.33. The van der Waals surface area contributed by atoms with Gasteiger partial charge in [0.1, 0.15) is 0 Å². The minimum Gasteiger partial charge on any atom is -0.325 e. The van der Waals surface area contributed by atoms with Crippen LogP contribution >= 0.6 is 0 Å². The van der Waals surface area contributed by atoms with Crippen LogP contribution in [0.1, 0.15) is 38.2 Å². The van der Waals surface area contributed by atoms with Gasteiger partial charge in [-0.25, -0.2) is 0 Å². The van der Waals surface area contributed by atoms with Crippen LogP contribution in [0.25, 0.3) is 0 Å². The van der Waals surface area contributed by atoms with Crippen LogP contribution in [0.2, 0.25) is 0 Å². The summed E-state index contributed by atoms with van der Waals surface area (Å²) in [6.45, 7) is 2.70. The molecule has 112 valence electrons. The van der Waals surface area contributed by atoms with Gasteiger partial charge in [0.25, 0.3) is 0 Å². The van der Waals surface area contributed by atoms with Gasteiger partial charge in [0.15, 0.2) is 0 Å². The van der Waals surface area contributed by atoms with Gasteiger partial charge in [-0.3, -0.25) is 9.69 Å². The van der Waals surface area contributed by atoms with Crippen LogP contribution in [0, 0.1) is 17.2 Å². The fourth-order valence-electron chi connectivity index (χ4n) is 2.91. The maximum Gasteiger partial charge on any atom is 0.238 e. The first-order valence-corrected chi connectivity index (χ1v) is 7.58. The number of nitrogens with one attached hydrogen (secondary N) is 1. The summed E-state index contributed by atoms with van der Waals surface area (Å²) in [7, 11) is 2.02. The molecule has 0 saturated heterocycles. The summed E-state index contributed by atoms with van der Waals surface area (Å²) in [5.74, 6) is 0.795. The Hall–Kier alpha value is -1.86. The van der Waals surface area contributed by atoms with Crippen molar-refractivity contribution in [3.63, 3.8) is 0 Å². The van der Waals surface area contributed by atoms with Gasteiger partial charge in [0.2, 0.25) is 5.91 Å². The second-order valence-corrected chi connectivity index (χ2v) is 6.07. The molecule has 1 aromatic rings. The van der Waals surface area contributed by atoms with Crippen molar-refractivity contribution < 1.29 is 4.79 Å². The fourth-order valence-corrected chi connectivity index (χ4v) is 2.91. The minimum absolute atomic E-state index is 0.0220. The van der Waals surface area contributed by atoms with E-state index in [1.807, 2.05) is 7.05 Å². The van der Waals surface area contributed by atoms with Crippen molar-refractivity contribution in [2.75, 3.05) is 18.9 Å². The van der Waals surface area contributed by atoms with Crippen LogP contribution in [-0.2, 0) is 4.79 Å². The van der Waals surface area contributed by atoms with Gasteiger partial charge in [-0.15, -0.1) is 0 Å². The van der Waals surface area contributed by atoms with E-state index >= 15 is 0 Å². The molecule has 1 saturated carbocycles. The second kappa shape index (κ2) is 7.24. The second-order valence-electron chi connectivity index (χ2n) is 6.07. The van der Waals surface area contributed by atoms with E-state index in [9.17, 15) is 4.79 Å². The van der Waals surface area contributed by atoms with Crippen LogP contribution < -0.4 is 5.32 Å². The molecular formula is C17H23N3O. The summed E-state index contributed by atoms with van der Waals surface area (Å²) < 4.78 is 0. The van der Waals surface area contributed by atoms with Gasteiger partial charge in [-0.1, -0.05) is 13.0 Å². The molecule has 0 bridgehead atoms.